The molecule has 2 rings (SSSR count). The SMILES string of the molecule is COC(=O)c1c(S(C)(=O)=O)ccc(Oc2cc(F)cc(C#N)c2)c1C#C[Si](C)(C)C. The molecular formula is C21H20FNO5SSi. The molecule has 0 aliphatic heterocycles. The van der Waals surface area contributed by atoms with Gasteiger partial charge in [-0.05, 0) is 24.3 Å². The summed E-state index contributed by atoms with van der Waals surface area (Å²) in [6.07, 6.45) is 0.969. The minimum Gasteiger partial charge on any atom is -0.465 e. The molecule has 0 spiro atoms. The monoisotopic (exact) mass is 445 g/mol. The second-order valence-corrected chi connectivity index (χ2v) is 14.2. The van der Waals surface area contributed by atoms with Gasteiger partial charge in [0.1, 0.15) is 25.4 Å². The Labute approximate surface area is 176 Å². The molecular weight excluding hydrogens is 425 g/mol. The number of hydrogen-bond acceptors (Lipinski definition) is 6. The number of methoxy groups -OCH3 is 1. The first kappa shape index (κ1) is 23.1. The number of benzene rings is 2. The van der Waals surface area contributed by atoms with Crippen molar-refractivity contribution in [3.05, 3.63) is 52.8 Å². The standard InChI is InChI=1S/C21H20FNO5SSi/c1-27-21(24)20-17(8-9-30(3,4)5)18(6-7-19(20)29(2,25)26)28-16-11-14(13-23)10-15(22)12-16/h6-7,10-12H,1-5H3. The van der Waals surface area contributed by atoms with Crippen molar-refractivity contribution in [3.63, 3.8) is 0 Å². The molecule has 0 saturated heterocycles. The van der Waals surface area contributed by atoms with Gasteiger partial charge in [0, 0.05) is 12.3 Å². The zero-order chi connectivity index (χ0) is 22.7. The van der Waals surface area contributed by atoms with Crippen LogP contribution in [-0.2, 0) is 14.6 Å². The van der Waals surface area contributed by atoms with E-state index in [0.717, 1.165) is 25.5 Å². The minimum atomic E-state index is -3.79. The van der Waals surface area contributed by atoms with E-state index < -0.39 is 29.7 Å². The zero-order valence-electron chi connectivity index (χ0n) is 17.2. The summed E-state index contributed by atoms with van der Waals surface area (Å²) in [4.78, 5) is 12.2. The Kier molecular flexibility index (Phi) is 6.71. The summed E-state index contributed by atoms with van der Waals surface area (Å²) in [6, 6.07) is 7.81. The number of carbonyl (C=O) groups is 1. The van der Waals surface area contributed by atoms with Gasteiger partial charge in [-0.3, -0.25) is 0 Å². The number of carbonyl (C=O) groups excluding carboxylic acids is 1. The summed E-state index contributed by atoms with van der Waals surface area (Å²) in [7, 11) is -4.59. The van der Waals surface area contributed by atoms with E-state index in [1.165, 1.54) is 18.2 Å². The smallest absolute Gasteiger partial charge is 0.340 e. The highest BCUT2D eigenvalue weighted by atomic mass is 32.2. The molecule has 9 heteroatoms. The van der Waals surface area contributed by atoms with Crippen LogP contribution in [0.15, 0.2) is 35.2 Å². The third-order valence-electron chi connectivity index (χ3n) is 3.71. The summed E-state index contributed by atoms with van der Waals surface area (Å²) in [5.74, 6) is 1.35. The lowest BCUT2D eigenvalue weighted by Gasteiger charge is -2.15. The molecule has 0 atom stereocenters. The first-order chi connectivity index (χ1) is 13.9. The lowest BCUT2D eigenvalue weighted by molar-refractivity contribution is 0.0595. The van der Waals surface area contributed by atoms with Gasteiger partial charge in [0.15, 0.2) is 9.84 Å². The molecule has 0 fully saturated rings. The fourth-order valence-corrected chi connectivity index (χ4v) is 3.82. The van der Waals surface area contributed by atoms with Crippen molar-refractivity contribution in [2.45, 2.75) is 24.5 Å². The maximum atomic E-state index is 13.8. The fraction of sp³-hybridized carbons (Fsp3) is 0.238. The molecule has 30 heavy (non-hydrogen) atoms. The molecule has 6 nitrogen and oxygen atoms in total. The number of nitrogens with zero attached hydrogens (tertiary/aromatic N) is 1. The Bertz CT molecular complexity index is 1210. The van der Waals surface area contributed by atoms with E-state index in [9.17, 15) is 17.6 Å². The van der Waals surface area contributed by atoms with E-state index >= 15 is 0 Å². The third-order valence-corrected chi connectivity index (χ3v) is 5.72. The molecule has 0 heterocycles. The van der Waals surface area contributed by atoms with Crippen molar-refractivity contribution in [1.29, 1.82) is 5.26 Å². The third kappa shape index (κ3) is 5.69. The minimum absolute atomic E-state index is 0.00512. The molecule has 0 N–H and O–H groups in total. The van der Waals surface area contributed by atoms with Crippen molar-refractivity contribution in [3.8, 4) is 29.0 Å². The van der Waals surface area contributed by atoms with Gasteiger partial charge in [0.05, 0.1) is 34.8 Å². The Hall–Kier alpha value is -3.14. The maximum absolute atomic E-state index is 13.8. The van der Waals surface area contributed by atoms with Gasteiger partial charge >= 0.3 is 5.97 Å². The summed E-state index contributed by atoms with van der Waals surface area (Å²) >= 11 is 0. The molecule has 0 bridgehead atoms. The number of nitriles is 1. The highest BCUT2D eigenvalue weighted by Crippen LogP contribution is 2.33. The van der Waals surface area contributed by atoms with E-state index in [1.54, 1.807) is 0 Å². The van der Waals surface area contributed by atoms with Crippen molar-refractivity contribution < 1.29 is 27.1 Å². The van der Waals surface area contributed by atoms with E-state index in [2.05, 4.69) is 11.5 Å². The van der Waals surface area contributed by atoms with Crippen LogP contribution in [0, 0.1) is 28.6 Å². The van der Waals surface area contributed by atoms with Crippen LogP contribution in [0.1, 0.15) is 21.5 Å². The number of sulfone groups is 1. The highest BCUT2D eigenvalue weighted by molar-refractivity contribution is 7.90. The van der Waals surface area contributed by atoms with Crippen LogP contribution in [0.2, 0.25) is 19.6 Å². The topological polar surface area (TPSA) is 93.5 Å². The molecule has 0 saturated carbocycles. The van der Waals surface area contributed by atoms with Gasteiger partial charge in [-0.1, -0.05) is 25.6 Å². The van der Waals surface area contributed by atoms with Crippen LogP contribution in [0.25, 0.3) is 0 Å². The molecule has 0 aliphatic carbocycles. The van der Waals surface area contributed by atoms with E-state index in [0.29, 0.717) is 0 Å². The number of rotatable bonds is 4. The Balaban J connectivity index is 2.83. The van der Waals surface area contributed by atoms with Crippen molar-refractivity contribution in [2.24, 2.45) is 0 Å². The number of ether oxygens (including phenoxy) is 2. The summed E-state index contributed by atoms with van der Waals surface area (Å²) < 4.78 is 48.8. The van der Waals surface area contributed by atoms with Crippen LogP contribution in [0.4, 0.5) is 4.39 Å². The largest absolute Gasteiger partial charge is 0.465 e. The summed E-state index contributed by atoms with van der Waals surface area (Å²) in [5.41, 5.74) is 2.89. The zero-order valence-corrected chi connectivity index (χ0v) is 19.0. The van der Waals surface area contributed by atoms with E-state index in [1.807, 2.05) is 25.7 Å². The van der Waals surface area contributed by atoms with Gasteiger partial charge in [0.25, 0.3) is 0 Å². The van der Waals surface area contributed by atoms with Crippen LogP contribution < -0.4 is 4.74 Å². The summed E-state index contributed by atoms with van der Waals surface area (Å²) in [5, 5.41) is 9.04. The van der Waals surface area contributed by atoms with Crippen molar-refractivity contribution >= 4 is 23.9 Å². The lowest BCUT2D eigenvalue weighted by atomic mass is 10.1. The van der Waals surface area contributed by atoms with Gasteiger partial charge in [-0.15, -0.1) is 5.54 Å². The van der Waals surface area contributed by atoms with Crippen LogP contribution in [-0.4, -0.2) is 35.8 Å². The second kappa shape index (κ2) is 8.70. The highest BCUT2D eigenvalue weighted by Gasteiger charge is 2.26. The van der Waals surface area contributed by atoms with Crippen LogP contribution in [0.5, 0.6) is 11.5 Å². The number of hydrogen-bond donors (Lipinski definition) is 0. The molecule has 0 radical (unpaired) electrons. The predicted octanol–water partition coefficient (Wildman–Crippen LogP) is 3.91. The first-order valence-electron chi connectivity index (χ1n) is 8.73. The molecule has 156 valence electrons. The molecule has 2 aromatic carbocycles. The van der Waals surface area contributed by atoms with Gasteiger partial charge in [-0.25, -0.2) is 17.6 Å². The predicted molar refractivity (Wildman–Crippen MR) is 112 cm³/mol. The molecule has 0 unspecified atom stereocenters. The average molecular weight is 446 g/mol. The van der Waals surface area contributed by atoms with Gasteiger partial charge in [0.2, 0.25) is 0 Å². The Morgan fingerprint density at radius 1 is 1.17 bits per heavy atom. The van der Waals surface area contributed by atoms with E-state index in [4.69, 9.17) is 14.7 Å². The number of esters is 1. The molecule has 2 aromatic rings. The lowest BCUT2D eigenvalue weighted by Crippen LogP contribution is -2.17. The van der Waals surface area contributed by atoms with Crippen molar-refractivity contribution in [1.82, 2.24) is 0 Å². The normalized spacial score (nSPS) is 11.1. The maximum Gasteiger partial charge on any atom is 0.340 e. The van der Waals surface area contributed by atoms with Crippen molar-refractivity contribution in [2.75, 3.05) is 13.4 Å². The quantitative estimate of drug-likeness (QED) is 0.402. The molecule has 0 amide bonds. The van der Waals surface area contributed by atoms with Gasteiger partial charge in [-0.2, -0.15) is 5.26 Å². The molecule has 0 aliphatic rings. The Morgan fingerprint density at radius 3 is 2.37 bits per heavy atom. The number of halogens is 1. The fourth-order valence-electron chi connectivity index (χ4n) is 2.45. The Morgan fingerprint density at radius 2 is 1.83 bits per heavy atom. The van der Waals surface area contributed by atoms with Crippen LogP contribution >= 0.6 is 0 Å². The average Bonchev–Trinajstić information content (AvgIpc) is 2.63. The summed E-state index contributed by atoms with van der Waals surface area (Å²) in [6.45, 7) is 5.93. The van der Waals surface area contributed by atoms with Crippen LogP contribution in [0.3, 0.4) is 0 Å². The van der Waals surface area contributed by atoms with E-state index in [-0.39, 0.29) is 33.1 Å². The van der Waals surface area contributed by atoms with Gasteiger partial charge < -0.3 is 9.47 Å². The molecule has 0 aromatic heterocycles. The first-order valence-corrected chi connectivity index (χ1v) is 14.1. The second-order valence-electron chi connectivity index (χ2n) is 7.47.